The van der Waals surface area contributed by atoms with E-state index in [1.165, 1.54) is 11.0 Å². The van der Waals surface area contributed by atoms with Crippen molar-refractivity contribution in [2.75, 3.05) is 11.9 Å². The quantitative estimate of drug-likeness (QED) is 0.907. The van der Waals surface area contributed by atoms with Crippen LogP contribution in [0, 0.1) is 6.92 Å². The van der Waals surface area contributed by atoms with Crippen molar-refractivity contribution < 1.29 is 13.2 Å². The van der Waals surface area contributed by atoms with Gasteiger partial charge in [0.05, 0.1) is 4.90 Å². The molecule has 0 radical (unpaired) electrons. The lowest BCUT2D eigenvalue weighted by Crippen LogP contribution is -2.28. The van der Waals surface area contributed by atoms with Crippen molar-refractivity contribution in [3.63, 3.8) is 0 Å². The molecule has 0 unspecified atom stereocenters. The Morgan fingerprint density at radius 3 is 2.42 bits per heavy atom. The molecule has 0 heterocycles. The number of para-hydroxylation sites is 1. The number of carbonyl (C=O) groups is 1. The van der Waals surface area contributed by atoms with E-state index in [-0.39, 0.29) is 16.8 Å². The SMILES string of the molecule is Cc1ccc(S(=O)(=O)NC2CC2)cc1C(=O)N(C)c1ccccc1. The lowest BCUT2D eigenvalue weighted by molar-refractivity contribution is 0.0992. The summed E-state index contributed by atoms with van der Waals surface area (Å²) < 4.78 is 27.4. The minimum Gasteiger partial charge on any atom is -0.311 e. The first-order chi connectivity index (χ1) is 11.4. The van der Waals surface area contributed by atoms with E-state index in [0.717, 1.165) is 24.1 Å². The van der Waals surface area contributed by atoms with Crippen LogP contribution >= 0.6 is 0 Å². The highest BCUT2D eigenvalue weighted by Gasteiger charge is 2.28. The first-order valence-electron chi connectivity index (χ1n) is 7.84. The minimum atomic E-state index is -3.58. The maximum atomic E-state index is 12.8. The topological polar surface area (TPSA) is 66.5 Å². The van der Waals surface area contributed by atoms with E-state index in [1.807, 2.05) is 30.3 Å². The van der Waals surface area contributed by atoms with Crippen LogP contribution in [0.2, 0.25) is 0 Å². The van der Waals surface area contributed by atoms with Crippen molar-refractivity contribution in [1.82, 2.24) is 4.72 Å². The van der Waals surface area contributed by atoms with Crippen LogP contribution in [0.1, 0.15) is 28.8 Å². The molecule has 0 saturated heterocycles. The summed E-state index contributed by atoms with van der Waals surface area (Å²) in [5, 5.41) is 0. The second-order valence-electron chi connectivity index (χ2n) is 6.07. The average Bonchev–Trinajstić information content (AvgIpc) is 3.38. The first kappa shape index (κ1) is 16.7. The fourth-order valence-electron chi connectivity index (χ4n) is 2.44. The summed E-state index contributed by atoms with van der Waals surface area (Å²) in [5.41, 5.74) is 1.89. The van der Waals surface area contributed by atoms with E-state index in [1.54, 1.807) is 26.1 Å². The van der Waals surface area contributed by atoms with Gasteiger partial charge in [-0.15, -0.1) is 0 Å². The molecule has 0 aromatic heterocycles. The molecule has 0 atom stereocenters. The summed E-state index contributed by atoms with van der Waals surface area (Å²) in [6.07, 6.45) is 1.74. The van der Waals surface area contributed by atoms with Gasteiger partial charge in [0.15, 0.2) is 0 Å². The maximum Gasteiger partial charge on any atom is 0.258 e. The van der Waals surface area contributed by atoms with Crippen LogP contribution in [-0.4, -0.2) is 27.4 Å². The van der Waals surface area contributed by atoms with Crippen molar-refractivity contribution in [2.24, 2.45) is 0 Å². The number of nitrogens with one attached hydrogen (secondary N) is 1. The maximum absolute atomic E-state index is 12.8. The molecule has 0 bridgehead atoms. The van der Waals surface area contributed by atoms with Crippen molar-refractivity contribution in [1.29, 1.82) is 0 Å². The molecule has 2 aromatic rings. The lowest BCUT2D eigenvalue weighted by Gasteiger charge is -2.19. The molecule has 1 fully saturated rings. The van der Waals surface area contributed by atoms with Crippen molar-refractivity contribution >= 4 is 21.6 Å². The monoisotopic (exact) mass is 344 g/mol. The number of sulfonamides is 1. The molecule has 1 aliphatic carbocycles. The van der Waals surface area contributed by atoms with Gasteiger partial charge in [0.1, 0.15) is 0 Å². The van der Waals surface area contributed by atoms with Crippen LogP contribution in [0.25, 0.3) is 0 Å². The third kappa shape index (κ3) is 3.49. The molecule has 126 valence electrons. The number of nitrogens with zero attached hydrogens (tertiary/aromatic N) is 1. The Morgan fingerprint density at radius 1 is 1.12 bits per heavy atom. The number of rotatable bonds is 5. The van der Waals surface area contributed by atoms with Gasteiger partial charge in [0.2, 0.25) is 10.0 Å². The van der Waals surface area contributed by atoms with Gasteiger partial charge in [0.25, 0.3) is 5.91 Å². The fourth-order valence-corrected chi connectivity index (χ4v) is 3.77. The Kier molecular flexibility index (Phi) is 4.43. The number of benzene rings is 2. The summed E-state index contributed by atoms with van der Waals surface area (Å²) in [7, 11) is -1.90. The molecule has 5 nitrogen and oxygen atoms in total. The highest BCUT2D eigenvalue weighted by Crippen LogP contribution is 2.24. The average molecular weight is 344 g/mol. The number of hydrogen-bond donors (Lipinski definition) is 1. The standard InChI is InChI=1S/C18H20N2O3S/c1-13-8-11-16(24(22,23)19-14-9-10-14)12-17(13)18(21)20(2)15-6-4-3-5-7-15/h3-8,11-12,14,19H,9-10H2,1-2H3. The zero-order valence-electron chi connectivity index (χ0n) is 13.7. The van der Waals surface area contributed by atoms with E-state index >= 15 is 0 Å². The van der Waals surface area contributed by atoms with Gasteiger partial charge < -0.3 is 4.90 Å². The molecule has 6 heteroatoms. The van der Waals surface area contributed by atoms with Gasteiger partial charge in [-0.25, -0.2) is 13.1 Å². The van der Waals surface area contributed by atoms with E-state index < -0.39 is 10.0 Å². The van der Waals surface area contributed by atoms with Crippen LogP contribution < -0.4 is 9.62 Å². The van der Waals surface area contributed by atoms with Crippen molar-refractivity contribution in [3.05, 3.63) is 59.7 Å². The van der Waals surface area contributed by atoms with Gasteiger partial charge in [-0.2, -0.15) is 0 Å². The molecule has 1 saturated carbocycles. The lowest BCUT2D eigenvalue weighted by atomic mass is 10.1. The third-order valence-electron chi connectivity index (χ3n) is 4.10. The van der Waals surface area contributed by atoms with Crippen LogP contribution in [0.3, 0.4) is 0 Å². The van der Waals surface area contributed by atoms with E-state index in [9.17, 15) is 13.2 Å². The van der Waals surface area contributed by atoms with Gasteiger partial charge in [-0.05, 0) is 49.6 Å². The van der Waals surface area contributed by atoms with Crippen molar-refractivity contribution in [3.8, 4) is 0 Å². The number of anilines is 1. The van der Waals surface area contributed by atoms with Gasteiger partial charge in [0, 0.05) is 24.3 Å². The molecule has 2 aromatic carbocycles. The second-order valence-corrected chi connectivity index (χ2v) is 7.79. The van der Waals surface area contributed by atoms with Gasteiger partial charge >= 0.3 is 0 Å². The van der Waals surface area contributed by atoms with E-state index in [0.29, 0.717) is 5.56 Å². The molecule has 1 amide bonds. The van der Waals surface area contributed by atoms with Crippen molar-refractivity contribution in [2.45, 2.75) is 30.7 Å². The summed E-state index contributed by atoms with van der Waals surface area (Å²) in [4.78, 5) is 14.4. The highest BCUT2D eigenvalue weighted by molar-refractivity contribution is 7.89. The molecule has 1 N–H and O–H groups in total. The number of carbonyl (C=O) groups excluding carboxylic acids is 1. The second kappa shape index (κ2) is 6.37. The van der Waals surface area contributed by atoms with Crippen LogP contribution in [0.4, 0.5) is 5.69 Å². The zero-order chi connectivity index (χ0) is 17.3. The Hall–Kier alpha value is -2.18. The summed E-state index contributed by atoms with van der Waals surface area (Å²) in [6.45, 7) is 1.80. The first-order valence-corrected chi connectivity index (χ1v) is 9.33. The number of amides is 1. The predicted octanol–water partition coefficient (Wildman–Crippen LogP) is 2.71. The highest BCUT2D eigenvalue weighted by atomic mass is 32.2. The van der Waals surface area contributed by atoms with E-state index in [4.69, 9.17) is 0 Å². The fraction of sp³-hybridized carbons (Fsp3) is 0.278. The minimum absolute atomic E-state index is 0.0300. The number of hydrogen-bond acceptors (Lipinski definition) is 3. The van der Waals surface area contributed by atoms with Crippen LogP contribution in [0.15, 0.2) is 53.4 Å². The number of aryl methyl sites for hydroxylation is 1. The Balaban J connectivity index is 1.92. The third-order valence-corrected chi connectivity index (χ3v) is 5.62. The van der Waals surface area contributed by atoms with Gasteiger partial charge in [-0.3, -0.25) is 4.79 Å². The largest absolute Gasteiger partial charge is 0.311 e. The Bertz CT molecular complexity index is 859. The van der Waals surface area contributed by atoms with Gasteiger partial charge in [-0.1, -0.05) is 24.3 Å². The molecule has 0 spiro atoms. The predicted molar refractivity (Wildman–Crippen MR) is 93.7 cm³/mol. The summed E-state index contributed by atoms with van der Waals surface area (Å²) >= 11 is 0. The summed E-state index contributed by atoms with van der Waals surface area (Å²) in [6, 6.07) is 14.0. The summed E-state index contributed by atoms with van der Waals surface area (Å²) in [5.74, 6) is -0.234. The zero-order valence-corrected chi connectivity index (χ0v) is 14.5. The Labute approximate surface area is 142 Å². The molecule has 24 heavy (non-hydrogen) atoms. The Morgan fingerprint density at radius 2 is 1.79 bits per heavy atom. The molecule has 0 aliphatic heterocycles. The molecule has 1 aliphatic rings. The normalized spacial score (nSPS) is 14.4. The smallest absolute Gasteiger partial charge is 0.258 e. The molecule has 3 rings (SSSR count). The van der Waals surface area contributed by atoms with E-state index in [2.05, 4.69) is 4.72 Å². The van der Waals surface area contributed by atoms with Crippen LogP contribution in [0.5, 0.6) is 0 Å². The molecular weight excluding hydrogens is 324 g/mol. The van der Waals surface area contributed by atoms with Crippen LogP contribution in [-0.2, 0) is 10.0 Å². The molecular formula is C18H20N2O3S.